The highest BCUT2D eigenvalue weighted by atomic mass is 32.2. The van der Waals surface area contributed by atoms with Gasteiger partial charge in [0.2, 0.25) is 0 Å². The Bertz CT molecular complexity index is 201. The van der Waals surface area contributed by atoms with E-state index < -0.39 is 0 Å². The highest BCUT2D eigenvalue weighted by Gasteiger charge is 2.08. The van der Waals surface area contributed by atoms with E-state index in [-0.39, 0.29) is 5.97 Å². The lowest BCUT2D eigenvalue weighted by Gasteiger charge is -2.08. The van der Waals surface area contributed by atoms with E-state index in [1.165, 1.54) is 7.11 Å². The number of ether oxygens (including phenoxy) is 1. The summed E-state index contributed by atoms with van der Waals surface area (Å²) < 4.78 is 4.57. The van der Waals surface area contributed by atoms with Gasteiger partial charge in [0.25, 0.3) is 0 Å². The molecule has 0 aliphatic rings. The van der Waals surface area contributed by atoms with Crippen LogP contribution in [0.2, 0.25) is 0 Å². The fraction of sp³-hybridized carbons (Fsp3) is 0.800. The Morgan fingerprint density at radius 1 is 1.57 bits per heavy atom. The van der Waals surface area contributed by atoms with Gasteiger partial charge in [0, 0.05) is 11.7 Å². The number of hydrogen-bond donors (Lipinski definition) is 0. The van der Waals surface area contributed by atoms with Gasteiger partial charge < -0.3 is 4.74 Å². The standard InChI is InChI=1S/C10H17NO2S/c1-9(8-10(12)13-2)14-7-5-3-4-6-11/h9H,3-5,7-8H2,1-2H3. The van der Waals surface area contributed by atoms with Crippen LogP contribution in [0.1, 0.15) is 32.6 Å². The van der Waals surface area contributed by atoms with Gasteiger partial charge in [-0.2, -0.15) is 17.0 Å². The molecule has 0 aromatic rings. The van der Waals surface area contributed by atoms with E-state index in [0.29, 0.717) is 18.1 Å². The van der Waals surface area contributed by atoms with Gasteiger partial charge in [-0.15, -0.1) is 0 Å². The Morgan fingerprint density at radius 3 is 2.86 bits per heavy atom. The second kappa shape index (κ2) is 8.89. The molecule has 1 unspecified atom stereocenters. The SMILES string of the molecule is COC(=O)CC(C)SCCCCC#N. The number of nitriles is 1. The monoisotopic (exact) mass is 215 g/mol. The lowest BCUT2D eigenvalue weighted by Crippen LogP contribution is -2.08. The maximum atomic E-state index is 10.9. The first kappa shape index (κ1) is 13.3. The first-order valence-corrected chi connectivity index (χ1v) is 5.81. The number of methoxy groups -OCH3 is 1. The second-order valence-corrected chi connectivity index (χ2v) is 4.62. The van der Waals surface area contributed by atoms with Crippen molar-refractivity contribution in [2.75, 3.05) is 12.9 Å². The van der Waals surface area contributed by atoms with E-state index in [2.05, 4.69) is 10.8 Å². The van der Waals surface area contributed by atoms with Crippen molar-refractivity contribution in [1.82, 2.24) is 0 Å². The molecule has 0 aromatic carbocycles. The Labute approximate surface area is 89.8 Å². The Morgan fingerprint density at radius 2 is 2.29 bits per heavy atom. The normalized spacial score (nSPS) is 11.8. The smallest absolute Gasteiger partial charge is 0.306 e. The molecule has 0 N–H and O–H groups in total. The third-order valence-corrected chi connectivity index (χ3v) is 3.03. The lowest BCUT2D eigenvalue weighted by atomic mass is 10.3. The van der Waals surface area contributed by atoms with E-state index >= 15 is 0 Å². The van der Waals surface area contributed by atoms with E-state index in [4.69, 9.17) is 5.26 Å². The van der Waals surface area contributed by atoms with Crippen LogP contribution >= 0.6 is 11.8 Å². The number of rotatable bonds is 7. The average molecular weight is 215 g/mol. The fourth-order valence-electron chi connectivity index (χ4n) is 0.968. The average Bonchev–Trinajstić information content (AvgIpc) is 2.17. The summed E-state index contributed by atoms with van der Waals surface area (Å²) in [6.07, 6.45) is 3.10. The number of hydrogen-bond acceptors (Lipinski definition) is 4. The number of esters is 1. The third-order valence-electron chi connectivity index (χ3n) is 1.77. The fourth-order valence-corrected chi connectivity index (χ4v) is 1.99. The van der Waals surface area contributed by atoms with E-state index in [1.807, 2.05) is 6.92 Å². The molecule has 3 nitrogen and oxygen atoms in total. The van der Waals surface area contributed by atoms with Crippen molar-refractivity contribution in [3.8, 4) is 6.07 Å². The van der Waals surface area contributed by atoms with Crippen LogP contribution in [0.5, 0.6) is 0 Å². The van der Waals surface area contributed by atoms with Crippen LogP contribution in [0.15, 0.2) is 0 Å². The van der Waals surface area contributed by atoms with Crippen molar-refractivity contribution in [2.45, 2.75) is 37.9 Å². The molecule has 0 aliphatic heterocycles. The number of nitrogens with zero attached hydrogens (tertiary/aromatic N) is 1. The highest BCUT2D eigenvalue weighted by molar-refractivity contribution is 7.99. The van der Waals surface area contributed by atoms with Gasteiger partial charge in [0.15, 0.2) is 0 Å². The molecule has 0 rings (SSSR count). The summed E-state index contributed by atoms with van der Waals surface area (Å²) in [5.41, 5.74) is 0. The zero-order valence-corrected chi connectivity index (χ0v) is 9.60. The minimum absolute atomic E-state index is 0.151. The molecule has 0 heterocycles. The van der Waals surface area contributed by atoms with Crippen molar-refractivity contribution in [1.29, 1.82) is 5.26 Å². The van der Waals surface area contributed by atoms with Gasteiger partial charge in [-0.3, -0.25) is 4.79 Å². The summed E-state index contributed by atoms with van der Waals surface area (Å²) in [7, 11) is 1.41. The lowest BCUT2D eigenvalue weighted by molar-refractivity contribution is -0.140. The molecule has 0 aliphatic carbocycles. The number of thioether (sulfide) groups is 1. The topological polar surface area (TPSA) is 50.1 Å². The van der Waals surface area contributed by atoms with Gasteiger partial charge in [-0.05, 0) is 18.6 Å². The minimum atomic E-state index is -0.151. The second-order valence-electron chi connectivity index (χ2n) is 3.08. The molecular weight excluding hydrogens is 198 g/mol. The largest absolute Gasteiger partial charge is 0.469 e. The molecule has 14 heavy (non-hydrogen) atoms. The third kappa shape index (κ3) is 7.93. The highest BCUT2D eigenvalue weighted by Crippen LogP contribution is 2.16. The van der Waals surface area contributed by atoms with E-state index in [0.717, 1.165) is 18.6 Å². The Hall–Kier alpha value is -0.690. The molecule has 0 radical (unpaired) electrons. The maximum absolute atomic E-state index is 10.9. The quantitative estimate of drug-likeness (QED) is 0.483. The molecule has 0 saturated carbocycles. The maximum Gasteiger partial charge on any atom is 0.306 e. The summed E-state index contributed by atoms with van der Waals surface area (Å²) in [4.78, 5) is 10.9. The van der Waals surface area contributed by atoms with Crippen LogP contribution in [0, 0.1) is 11.3 Å². The zero-order valence-electron chi connectivity index (χ0n) is 8.78. The molecule has 80 valence electrons. The van der Waals surface area contributed by atoms with Gasteiger partial charge in [-0.25, -0.2) is 0 Å². The van der Waals surface area contributed by atoms with Crippen LogP contribution in [0.3, 0.4) is 0 Å². The number of carbonyl (C=O) groups excluding carboxylic acids is 1. The van der Waals surface area contributed by atoms with Crippen molar-refractivity contribution in [3.05, 3.63) is 0 Å². The van der Waals surface area contributed by atoms with Gasteiger partial charge in [0.1, 0.15) is 0 Å². The zero-order chi connectivity index (χ0) is 10.8. The Kier molecular flexibility index (Phi) is 8.45. The van der Waals surface area contributed by atoms with Gasteiger partial charge >= 0.3 is 5.97 Å². The predicted molar refractivity (Wildman–Crippen MR) is 58.0 cm³/mol. The first-order chi connectivity index (χ1) is 6.70. The number of carbonyl (C=O) groups is 1. The summed E-state index contributed by atoms with van der Waals surface area (Å²) in [5, 5.41) is 8.62. The van der Waals surface area contributed by atoms with Crippen LogP contribution in [0.4, 0.5) is 0 Å². The first-order valence-electron chi connectivity index (χ1n) is 4.76. The van der Waals surface area contributed by atoms with Crippen molar-refractivity contribution >= 4 is 17.7 Å². The molecule has 0 amide bonds. The van der Waals surface area contributed by atoms with E-state index in [1.54, 1.807) is 11.8 Å². The van der Waals surface area contributed by atoms with Gasteiger partial charge in [-0.1, -0.05) is 6.92 Å². The molecule has 0 saturated heterocycles. The molecule has 4 heteroatoms. The van der Waals surface area contributed by atoms with Crippen molar-refractivity contribution in [3.63, 3.8) is 0 Å². The molecule has 0 aromatic heterocycles. The summed E-state index contributed by atoms with van der Waals surface area (Å²) in [6, 6.07) is 2.11. The van der Waals surface area contributed by atoms with Crippen LogP contribution < -0.4 is 0 Å². The van der Waals surface area contributed by atoms with Crippen molar-refractivity contribution in [2.24, 2.45) is 0 Å². The van der Waals surface area contributed by atoms with E-state index in [9.17, 15) is 4.79 Å². The predicted octanol–water partition coefficient (Wildman–Crippen LogP) is 2.37. The van der Waals surface area contributed by atoms with Crippen molar-refractivity contribution < 1.29 is 9.53 Å². The molecule has 0 fully saturated rings. The molecule has 0 bridgehead atoms. The summed E-state index contributed by atoms with van der Waals surface area (Å²) >= 11 is 1.76. The van der Waals surface area contributed by atoms with Gasteiger partial charge in [0.05, 0.1) is 19.6 Å². The minimum Gasteiger partial charge on any atom is -0.469 e. The molecule has 1 atom stereocenters. The van der Waals surface area contributed by atoms with Crippen LogP contribution in [0.25, 0.3) is 0 Å². The summed E-state index contributed by atoms with van der Waals surface area (Å²) in [6.45, 7) is 2.02. The summed E-state index contributed by atoms with van der Waals surface area (Å²) in [5.74, 6) is 0.863. The molecular formula is C10H17NO2S. The van der Waals surface area contributed by atoms with Crippen LogP contribution in [-0.2, 0) is 9.53 Å². The molecule has 0 spiro atoms. The Balaban J connectivity index is 3.31. The van der Waals surface area contributed by atoms with Crippen LogP contribution in [-0.4, -0.2) is 24.1 Å². The number of unbranched alkanes of at least 4 members (excludes halogenated alkanes) is 2.